The highest BCUT2D eigenvalue weighted by Gasteiger charge is 2.22. The van der Waals surface area contributed by atoms with Crippen molar-refractivity contribution in [1.29, 1.82) is 0 Å². The number of para-hydroxylation sites is 2. The van der Waals surface area contributed by atoms with Crippen molar-refractivity contribution in [2.45, 2.75) is 0 Å². The molecular weight excluding hydrogens is 757 g/mol. The highest BCUT2D eigenvalue weighted by molar-refractivity contribution is 6.25. The fraction of sp³-hybridized carbons (Fsp3) is 0. The van der Waals surface area contributed by atoms with Crippen molar-refractivity contribution in [3.63, 3.8) is 0 Å². The largest absolute Gasteiger partial charge is 0.455 e. The lowest BCUT2D eigenvalue weighted by atomic mass is 9.99. The van der Waals surface area contributed by atoms with Crippen LogP contribution in [0.3, 0.4) is 0 Å². The fourth-order valence-electron chi connectivity index (χ4n) is 8.90. The third kappa shape index (κ3) is 6.06. The van der Waals surface area contributed by atoms with Gasteiger partial charge in [0.15, 0.2) is 17.5 Å². The van der Waals surface area contributed by atoms with Gasteiger partial charge in [-0.2, -0.15) is 0 Å². The van der Waals surface area contributed by atoms with Crippen LogP contribution in [0.15, 0.2) is 223 Å². The van der Waals surface area contributed by atoms with Crippen LogP contribution in [0.5, 0.6) is 0 Å². The zero-order chi connectivity index (χ0) is 41.0. The molecule has 0 spiro atoms. The van der Waals surface area contributed by atoms with Gasteiger partial charge in [0, 0.05) is 33.0 Å². The van der Waals surface area contributed by atoms with E-state index in [1.807, 2.05) is 36.4 Å². The van der Waals surface area contributed by atoms with Crippen LogP contribution in [0, 0.1) is 0 Å². The molecule has 0 amide bonds. The summed E-state index contributed by atoms with van der Waals surface area (Å²) in [5, 5.41) is 4.38. The molecule has 5 heteroatoms. The molecule has 12 rings (SSSR count). The predicted molar refractivity (Wildman–Crippen MR) is 254 cm³/mol. The zero-order valence-corrected chi connectivity index (χ0v) is 33.5. The minimum Gasteiger partial charge on any atom is -0.455 e. The number of rotatable bonds is 7. The average molecular weight is 793 g/mol. The van der Waals surface area contributed by atoms with Gasteiger partial charge in [-0.05, 0) is 81.9 Å². The second kappa shape index (κ2) is 14.7. The Balaban J connectivity index is 1.03. The van der Waals surface area contributed by atoms with Gasteiger partial charge >= 0.3 is 0 Å². The molecule has 0 aliphatic rings. The summed E-state index contributed by atoms with van der Waals surface area (Å²) < 4.78 is 9.29. The second-order valence-electron chi connectivity index (χ2n) is 15.6. The maximum absolute atomic E-state index is 6.91. The van der Waals surface area contributed by atoms with Gasteiger partial charge in [-0.25, -0.2) is 15.0 Å². The molecule has 0 bridgehead atoms. The lowest BCUT2D eigenvalue weighted by Gasteiger charge is -2.11. The quantitative estimate of drug-likeness (QED) is 0.161. The molecule has 290 valence electrons. The highest BCUT2D eigenvalue weighted by Crippen LogP contribution is 2.43. The Morgan fingerprint density at radius 1 is 0.339 bits per heavy atom. The molecule has 0 N–H and O–H groups in total. The van der Waals surface area contributed by atoms with E-state index in [-0.39, 0.29) is 0 Å². The summed E-state index contributed by atoms with van der Waals surface area (Å²) in [6.45, 7) is 0. The number of benzene rings is 9. The molecule has 9 aromatic carbocycles. The van der Waals surface area contributed by atoms with E-state index in [0.717, 1.165) is 77.4 Å². The Morgan fingerprint density at radius 3 is 1.52 bits per heavy atom. The number of hydrogen-bond acceptors (Lipinski definition) is 4. The molecule has 0 saturated heterocycles. The van der Waals surface area contributed by atoms with Gasteiger partial charge in [-0.15, -0.1) is 0 Å². The smallest absolute Gasteiger partial charge is 0.167 e. The Kier molecular flexibility index (Phi) is 8.42. The standard InChI is InChI=1S/C57H36N4O/c1-4-15-37(16-5-1)41-21-12-22-42(35-41)39-29-31-45(32-30-39)61-50-28-11-10-25-46(50)47-33-34-51-52(53(47)61)48-26-14-27-49(54(48)62-51)57-59-55(40-19-8-3-9-20-40)58-56(60-57)44-24-13-23-43(36-44)38-17-6-2-7-18-38/h1-36H. The van der Waals surface area contributed by atoms with Crippen LogP contribution >= 0.6 is 0 Å². The van der Waals surface area contributed by atoms with E-state index in [4.69, 9.17) is 19.4 Å². The normalized spacial score (nSPS) is 11.5. The van der Waals surface area contributed by atoms with Gasteiger partial charge in [0.2, 0.25) is 0 Å². The Labute approximate surface area is 357 Å². The molecule has 0 radical (unpaired) electrons. The van der Waals surface area contributed by atoms with E-state index < -0.39 is 0 Å². The van der Waals surface area contributed by atoms with Crippen LogP contribution in [0.25, 0.3) is 117 Å². The van der Waals surface area contributed by atoms with Crippen LogP contribution in [-0.2, 0) is 0 Å². The van der Waals surface area contributed by atoms with E-state index >= 15 is 0 Å². The van der Waals surface area contributed by atoms with Gasteiger partial charge in [0.1, 0.15) is 11.2 Å². The van der Waals surface area contributed by atoms with Crippen molar-refractivity contribution >= 4 is 43.7 Å². The molecule has 0 aliphatic heterocycles. The first kappa shape index (κ1) is 35.5. The summed E-state index contributed by atoms with van der Waals surface area (Å²) in [6, 6.07) is 76.3. The summed E-state index contributed by atoms with van der Waals surface area (Å²) >= 11 is 0. The number of aromatic nitrogens is 4. The predicted octanol–water partition coefficient (Wildman–Crippen LogP) is 14.9. The van der Waals surface area contributed by atoms with Crippen molar-refractivity contribution < 1.29 is 4.42 Å². The summed E-state index contributed by atoms with van der Waals surface area (Å²) in [6.07, 6.45) is 0. The lowest BCUT2D eigenvalue weighted by Crippen LogP contribution is -2.00. The van der Waals surface area contributed by atoms with Crippen molar-refractivity contribution in [2.75, 3.05) is 0 Å². The van der Waals surface area contributed by atoms with Gasteiger partial charge in [-0.3, -0.25) is 0 Å². The molecule has 3 aromatic heterocycles. The van der Waals surface area contributed by atoms with Gasteiger partial charge in [0.25, 0.3) is 0 Å². The minimum absolute atomic E-state index is 0.548. The molecule has 5 nitrogen and oxygen atoms in total. The molecule has 0 atom stereocenters. The zero-order valence-electron chi connectivity index (χ0n) is 33.5. The highest BCUT2D eigenvalue weighted by atomic mass is 16.3. The van der Waals surface area contributed by atoms with Crippen LogP contribution < -0.4 is 0 Å². The van der Waals surface area contributed by atoms with Crippen molar-refractivity contribution in [1.82, 2.24) is 19.5 Å². The Morgan fingerprint density at radius 2 is 0.839 bits per heavy atom. The molecular formula is C57H36N4O. The number of fused-ring (bicyclic) bond motifs is 7. The lowest BCUT2D eigenvalue weighted by molar-refractivity contribution is 0.669. The van der Waals surface area contributed by atoms with Crippen molar-refractivity contribution in [3.8, 4) is 73.2 Å². The molecule has 62 heavy (non-hydrogen) atoms. The molecule has 0 saturated carbocycles. The average Bonchev–Trinajstić information content (AvgIpc) is 3.91. The van der Waals surface area contributed by atoms with Crippen molar-refractivity contribution in [3.05, 3.63) is 218 Å². The molecule has 0 aliphatic carbocycles. The van der Waals surface area contributed by atoms with Gasteiger partial charge < -0.3 is 8.98 Å². The van der Waals surface area contributed by atoms with Crippen LogP contribution in [0.1, 0.15) is 0 Å². The van der Waals surface area contributed by atoms with E-state index in [0.29, 0.717) is 17.5 Å². The topological polar surface area (TPSA) is 56.7 Å². The third-order valence-corrected chi connectivity index (χ3v) is 11.9. The van der Waals surface area contributed by atoms with E-state index in [9.17, 15) is 0 Å². The van der Waals surface area contributed by atoms with Gasteiger partial charge in [0.05, 0.1) is 22.0 Å². The summed E-state index contributed by atoms with van der Waals surface area (Å²) in [7, 11) is 0. The fourth-order valence-corrected chi connectivity index (χ4v) is 8.90. The Hall–Kier alpha value is -8.41. The van der Waals surface area contributed by atoms with Crippen molar-refractivity contribution in [2.24, 2.45) is 0 Å². The maximum atomic E-state index is 6.91. The molecule has 0 unspecified atom stereocenters. The Bertz CT molecular complexity index is 3610. The summed E-state index contributed by atoms with van der Waals surface area (Å²) in [5.74, 6) is 1.74. The molecule has 0 fully saturated rings. The van der Waals surface area contributed by atoms with E-state index in [2.05, 4.69) is 187 Å². The molecule has 3 heterocycles. The first-order valence-electron chi connectivity index (χ1n) is 20.8. The molecule has 12 aromatic rings. The van der Waals surface area contributed by atoms with Crippen LogP contribution in [0.2, 0.25) is 0 Å². The SMILES string of the molecule is c1ccc(-c2cccc(-c3ccc(-n4c5ccccc5c5ccc6oc7c(-c8nc(-c9ccccc9)nc(-c9cccc(-c%10ccccc%10)c9)n8)cccc7c6c54)cc3)c2)cc1. The first-order chi connectivity index (χ1) is 30.7. The third-order valence-electron chi connectivity index (χ3n) is 11.9. The minimum atomic E-state index is 0.548. The van der Waals surface area contributed by atoms with Crippen LogP contribution in [0.4, 0.5) is 0 Å². The number of nitrogens with zero attached hydrogens (tertiary/aromatic N) is 4. The van der Waals surface area contributed by atoms with E-state index in [1.165, 1.54) is 22.1 Å². The first-order valence-corrected chi connectivity index (χ1v) is 20.8. The number of furan rings is 1. The second-order valence-corrected chi connectivity index (χ2v) is 15.6. The summed E-state index contributed by atoms with van der Waals surface area (Å²) in [5.41, 5.74) is 14.4. The van der Waals surface area contributed by atoms with E-state index in [1.54, 1.807) is 0 Å². The number of hydrogen-bond donors (Lipinski definition) is 0. The summed E-state index contributed by atoms with van der Waals surface area (Å²) in [4.78, 5) is 15.4. The maximum Gasteiger partial charge on any atom is 0.167 e. The van der Waals surface area contributed by atoms with Crippen LogP contribution in [-0.4, -0.2) is 19.5 Å². The van der Waals surface area contributed by atoms with Gasteiger partial charge in [-0.1, -0.05) is 170 Å². The monoisotopic (exact) mass is 792 g/mol.